The Morgan fingerprint density at radius 2 is 0.952 bits per heavy atom. The molecule has 11 heteroatoms. The van der Waals surface area contributed by atoms with E-state index < -0.39 is 28.8 Å². The number of hydrogen-bond donors (Lipinski definition) is 3. The van der Waals surface area contributed by atoms with E-state index in [1.165, 1.54) is 12.1 Å². The summed E-state index contributed by atoms with van der Waals surface area (Å²) in [5.74, 6) is 0. The van der Waals surface area contributed by atoms with Crippen molar-refractivity contribution >= 4 is 18.7 Å². The van der Waals surface area contributed by atoms with E-state index in [4.69, 9.17) is 15.3 Å². The van der Waals surface area contributed by atoms with Crippen molar-refractivity contribution in [2.45, 2.75) is 10.0 Å². The van der Waals surface area contributed by atoms with Crippen LogP contribution in [0, 0.1) is 0 Å². The van der Waals surface area contributed by atoms with Crippen molar-refractivity contribution in [1.82, 2.24) is 0 Å². The fourth-order valence-corrected chi connectivity index (χ4v) is 4.78. The summed E-state index contributed by atoms with van der Waals surface area (Å²) >= 11 is -5.46. The largest absolute Gasteiger partial charge is 0 e. The Hall–Kier alpha value is 0.223. The molecule has 0 aliphatic carbocycles. The monoisotopic (exact) mass is 553 g/mol. The molecule has 0 amide bonds. The van der Waals surface area contributed by atoms with Gasteiger partial charge in [0.2, 0.25) is 0 Å². The van der Waals surface area contributed by atoms with Crippen LogP contribution in [0.15, 0.2) is 24.3 Å². The van der Waals surface area contributed by atoms with Crippen molar-refractivity contribution in [3.63, 3.8) is 0 Å². The molecule has 3 N–H and O–H groups in total. The van der Waals surface area contributed by atoms with E-state index in [0.29, 0.717) is 0 Å². The van der Waals surface area contributed by atoms with Gasteiger partial charge in [-0.1, -0.05) is 0 Å². The van der Waals surface area contributed by atoms with Gasteiger partial charge in [0.15, 0.2) is 0 Å². The molecule has 0 atom stereocenters. The third-order valence-corrected chi connectivity index (χ3v) is 6.63. The molecule has 0 aliphatic heterocycles. The van der Waals surface area contributed by atoms with E-state index >= 15 is 0 Å². The molecule has 0 saturated carbocycles. The van der Waals surface area contributed by atoms with E-state index in [1.807, 2.05) is 0 Å². The van der Waals surface area contributed by atoms with Gasteiger partial charge in [-0.05, 0) is 0 Å². The van der Waals surface area contributed by atoms with E-state index in [1.54, 1.807) is 0 Å². The Morgan fingerprint density at radius 3 is 1.14 bits per heavy atom. The maximum absolute atomic E-state index is 12.1. The molecular weight excluding hydrogens is 533 g/mol. The normalized spacial score (nSPS) is 9.95. The van der Waals surface area contributed by atoms with E-state index in [0.717, 1.165) is 33.5 Å². The minimum absolute atomic E-state index is 0. The van der Waals surface area contributed by atoms with Crippen LogP contribution in [0.3, 0.4) is 0 Å². The molecule has 0 spiro atoms. The summed E-state index contributed by atoms with van der Waals surface area (Å²) in [6.07, 6.45) is 0. The number of hydrogen-bond acceptors (Lipinski definition) is 3. The van der Waals surface area contributed by atoms with Crippen LogP contribution >= 0.6 is 0 Å². The van der Waals surface area contributed by atoms with Crippen molar-refractivity contribution in [2.75, 3.05) is 21.3 Å². The molecule has 0 unspecified atom stereocenters. The van der Waals surface area contributed by atoms with Gasteiger partial charge in [-0.25, -0.2) is 0 Å². The first-order valence-electron chi connectivity index (χ1n) is 4.92. The zero-order valence-corrected chi connectivity index (χ0v) is 17.5. The Bertz CT molecular complexity index is 289. The third kappa shape index (κ3) is 12.5. The minimum Gasteiger partial charge on any atom is 0 e. The summed E-state index contributed by atoms with van der Waals surface area (Å²) < 4.78 is 72.3. The number of halogens is 6. The van der Waals surface area contributed by atoms with Gasteiger partial charge in [0.05, 0.1) is 0 Å². The number of aliphatic hydroxyl groups excluding tert-OH is 3. The molecule has 0 fully saturated rings. The summed E-state index contributed by atoms with van der Waals surface area (Å²) in [6.45, 7) is 0. The first-order chi connectivity index (χ1) is 9.23. The number of aliphatic hydroxyl groups is 3. The molecule has 21 heavy (non-hydrogen) atoms. The van der Waals surface area contributed by atoms with Gasteiger partial charge < -0.3 is 15.3 Å². The van der Waals surface area contributed by atoms with Crippen molar-refractivity contribution in [1.29, 1.82) is 0 Å². The van der Waals surface area contributed by atoms with Crippen LogP contribution in [0.4, 0.5) is 26.3 Å². The molecule has 0 radical (unpaired) electrons. The summed E-state index contributed by atoms with van der Waals surface area (Å²) in [5.41, 5.74) is 0. The second-order valence-electron chi connectivity index (χ2n) is 2.73. The van der Waals surface area contributed by atoms with Gasteiger partial charge in [0, 0.05) is 47.2 Å². The second kappa shape index (κ2) is 15.1. The second-order valence-corrected chi connectivity index (χ2v) is 8.70. The SMILES string of the molecule is CO.CO.CO.F[C](F)(F)[GeH]([c-]1cccc1)[C](F)(F)F.[Hf]. The number of rotatable bonds is 1. The van der Waals surface area contributed by atoms with Crippen LogP contribution in [-0.2, 0) is 25.8 Å². The van der Waals surface area contributed by atoms with Crippen LogP contribution in [0.1, 0.15) is 0 Å². The summed E-state index contributed by atoms with van der Waals surface area (Å²) in [5, 5.41) is 10.8. The molecule has 0 aliphatic rings. The standard InChI is InChI=1S/C7H5F6Ge.3CH4O.Hf/c8-6(9,10)14(7(11,12)13)5-3-1-2-4-5;3*1-2;/h1-4,14H;3*2H,1H3;/q-1;;;;. The number of alkyl halides is 6. The summed E-state index contributed by atoms with van der Waals surface area (Å²) in [4.78, 5) is 0. The average molecular weight is 550 g/mol. The van der Waals surface area contributed by atoms with Gasteiger partial charge in [-0.3, -0.25) is 0 Å². The van der Waals surface area contributed by atoms with Crippen LogP contribution < -0.4 is 4.40 Å². The quantitative estimate of drug-likeness (QED) is 0.277. The van der Waals surface area contributed by atoms with Crippen LogP contribution in [-0.4, -0.2) is 61.0 Å². The van der Waals surface area contributed by atoms with E-state index in [9.17, 15) is 26.3 Å². The van der Waals surface area contributed by atoms with Crippen molar-refractivity contribution < 1.29 is 67.5 Å². The molecule has 0 saturated heterocycles. The Morgan fingerprint density at radius 1 is 0.714 bits per heavy atom. The molecular formula is C10H17F6GeHfO3-. The van der Waals surface area contributed by atoms with E-state index in [-0.39, 0.29) is 25.8 Å². The van der Waals surface area contributed by atoms with Crippen LogP contribution in [0.2, 0.25) is 0 Å². The Labute approximate surface area is 141 Å². The molecule has 126 valence electrons. The predicted octanol–water partition coefficient (Wildman–Crippen LogP) is 0.866. The summed E-state index contributed by atoms with van der Waals surface area (Å²) in [7, 11) is 3.00. The maximum atomic E-state index is 12.1. The fraction of sp³-hybridized carbons (Fsp3) is 0.500. The molecule has 3 nitrogen and oxygen atoms in total. The first kappa shape index (κ1) is 29.3. The van der Waals surface area contributed by atoms with Gasteiger partial charge in [-0.15, -0.1) is 0 Å². The van der Waals surface area contributed by atoms with Gasteiger partial charge in [0.25, 0.3) is 0 Å². The minimum atomic E-state index is -5.46. The van der Waals surface area contributed by atoms with Crippen molar-refractivity contribution in [3.8, 4) is 0 Å². The van der Waals surface area contributed by atoms with Crippen LogP contribution in [0.25, 0.3) is 0 Å². The topological polar surface area (TPSA) is 60.7 Å². The van der Waals surface area contributed by atoms with Gasteiger partial charge >= 0.3 is 79.4 Å². The maximum Gasteiger partial charge on any atom is 0 e. The smallest absolute Gasteiger partial charge is 0 e. The molecule has 0 aromatic heterocycles. The first-order valence-corrected chi connectivity index (χ1v) is 8.55. The molecule has 1 rings (SSSR count). The zero-order valence-electron chi connectivity index (χ0n) is 11.5. The van der Waals surface area contributed by atoms with Crippen molar-refractivity contribution in [2.24, 2.45) is 0 Å². The summed E-state index contributed by atoms with van der Waals surface area (Å²) in [6, 6.07) is 4.16. The average Bonchev–Trinajstić information content (AvgIpc) is 2.86. The van der Waals surface area contributed by atoms with Gasteiger partial charge in [0.1, 0.15) is 0 Å². The van der Waals surface area contributed by atoms with E-state index in [2.05, 4.69) is 0 Å². The predicted molar refractivity (Wildman–Crippen MR) is 65.4 cm³/mol. The molecule has 1 aromatic rings. The molecule has 0 bridgehead atoms. The van der Waals surface area contributed by atoms with Crippen LogP contribution in [0.5, 0.6) is 0 Å². The Balaban J connectivity index is -0.000000183. The third-order valence-electron chi connectivity index (χ3n) is 1.68. The van der Waals surface area contributed by atoms with Gasteiger partial charge in [-0.2, -0.15) is 0 Å². The zero-order chi connectivity index (χ0) is 17.0. The van der Waals surface area contributed by atoms with Crippen molar-refractivity contribution in [3.05, 3.63) is 24.3 Å². The fourth-order valence-electron chi connectivity index (χ4n) is 1.14. The Kier molecular flexibility index (Phi) is 21.1. The molecule has 1 aromatic carbocycles. The molecule has 0 heterocycles.